The van der Waals surface area contributed by atoms with Crippen LogP contribution >= 0.6 is 0 Å². The summed E-state index contributed by atoms with van der Waals surface area (Å²) in [5, 5.41) is 9.70. The highest BCUT2D eigenvalue weighted by Gasteiger charge is 2.37. The fraction of sp³-hybridized carbons (Fsp3) is 0.0698. The highest BCUT2D eigenvalue weighted by molar-refractivity contribution is 5.92. The van der Waals surface area contributed by atoms with E-state index in [1.165, 1.54) is 0 Å². The number of nitriles is 1. The molecule has 1 aliphatic carbocycles. The maximum atomic E-state index is 9.70. The van der Waals surface area contributed by atoms with Gasteiger partial charge in [0.05, 0.1) is 12.6 Å². The Morgan fingerprint density at radius 1 is 0.592 bits per heavy atom. The smallest absolute Gasteiger partial charge is 0.196 e. The van der Waals surface area contributed by atoms with Crippen LogP contribution < -0.4 is 0 Å². The lowest BCUT2D eigenvalue weighted by atomic mass is 9.81. The molecule has 6 heteroatoms. The van der Waals surface area contributed by atoms with Gasteiger partial charge in [-0.25, -0.2) is 19.8 Å². The first-order chi connectivity index (χ1) is 23.9. The molecule has 2 heterocycles. The number of aromatic nitrogens is 4. The Balaban J connectivity index is 1.33. The van der Waals surface area contributed by atoms with E-state index in [2.05, 4.69) is 72.2 Å². The van der Waals surface area contributed by atoms with Crippen molar-refractivity contribution < 1.29 is 0 Å². The number of nitrogens with zero attached hydrogens (tertiary/aromatic N) is 6. The number of hydrogen-bond donors (Lipinski definition) is 0. The molecule has 0 unspecified atom stereocenters. The average molecular weight is 629 g/mol. The highest BCUT2D eigenvalue weighted by atomic mass is 15.0. The molecular weight excluding hydrogens is 601 g/mol. The van der Waals surface area contributed by atoms with E-state index in [4.69, 9.17) is 21.5 Å². The zero-order valence-electron chi connectivity index (χ0n) is 26.9. The summed E-state index contributed by atoms with van der Waals surface area (Å²) >= 11 is 0. The zero-order chi connectivity index (χ0) is 33.5. The van der Waals surface area contributed by atoms with E-state index < -0.39 is 5.41 Å². The lowest BCUT2D eigenvalue weighted by Gasteiger charge is -2.22. The minimum Gasteiger partial charge on any atom is -0.264 e. The highest BCUT2D eigenvalue weighted by Crippen LogP contribution is 2.53. The fourth-order valence-electron chi connectivity index (χ4n) is 6.72. The van der Waals surface area contributed by atoms with Gasteiger partial charge in [-0.2, -0.15) is 5.26 Å². The van der Waals surface area contributed by atoms with Gasteiger partial charge in [0, 0.05) is 45.6 Å². The Kier molecular flexibility index (Phi) is 7.13. The van der Waals surface area contributed by atoms with Crippen molar-refractivity contribution >= 4 is 5.69 Å². The third kappa shape index (κ3) is 5.23. The molecule has 0 N–H and O–H groups in total. The molecule has 0 saturated carbocycles. The number of hydrogen-bond acceptors (Lipinski definition) is 5. The maximum absolute atomic E-state index is 9.70. The van der Waals surface area contributed by atoms with Gasteiger partial charge in [0.2, 0.25) is 0 Å². The van der Waals surface area contributed by atoms with Crippen molar-refractivity contribution in [3.63, 3.8) is 0 Å². The summed E-state index contributed by atoms with van der Waals surface area (Å²) in [7, 11) is 0. The summed E-state index contributed by atoms with van der Waals surface area (Å²) < 4.78 is 0. The van der Waals surface area contributed by atoms with Crippen molar-refractivity contribution in [3.8, 4) is 73.6 Å². The third-order valence-corrected chi connectivity index (χ3v) is 9.22. The summed E-state index contributed by atoms with van der Waals surface area (Å²) in [6.45, 7) is 12.2. The van der Waals surface area contributed by atoms with Crippen LogP contribution in [-0.2, 0) is 5.41 Å². The van der Waals surface area contributed by atoms with E-state index in [0.717, 1.165) is 61.2 Å². The number of benzene rings is 5. The Hall–Kier alpha value is -6.76. The van der Waals surface area contributed by atoms with Gasteiger partial charge in [-0.3, -0.25) is 4.98 Å². The normalized spacial score (nSPS) is 12.4. The number of pyridine rings is 1. The van der Waals surface area contributed by atoms with Crippen molar-refractivity contribution in [1.29, 1.82) is 5.26 Å². The van der Waals surface area contributed by atoms with Gasteiger partial charge >= 0.3 is 0 Å². The van der Waals surface area contributed by atoms with Crippen LogP contribution in [0.25, 0.3) is 72.4 Å². The van der Waals surface area contributed by atoms with Gasteiger partial charge in [-0.15, -0.1) is 0 Å². The van der Waals surface area contributed by atoms with E-state index in [1.54, 1.807) is 12.3 Å². The predicted octanol–water partition coefficient (Wildman–Crippen LogP) is 10.3. The molecule has 1 aliphatic rings. The van der Waals surface area contributed by atoms with E-state index in [9.17, 15) is 5.26 Å². The molecule has 5 aromatic carbocycles. The molecule has 8 rings (SSSR count). The molecule has 0 radical (unpaired) electrons. The van der Waals surface area contributed by atoms with Gasteiger partial charge in [-0.05, 0) is 81.4 Å². The lowest BCUT2D eigenvalue weighted by Crippen LogP contribution is -2.15. The lowest BCUT2D eigenvalue weighted by molar-refractivity contribution is 0.660. The summed E-state index contributed by atoms with van der Waals surface area (Å²) in [5.41, 5.74) is 11.3. The van der Waals surface area contributed by atoms with Crippen molar-refractivity contribution in [2.24, 2.45) is 0 Å². The van der Waals surface area contributed by atoms with Gasteiger partial charge in [0.1, 0.15) is 0 Å². The zero-order valence-corrected chi connectivity index (χ0v) is 26.9. The van der Waals surface area contributed by atoms with E-state index in [0.29, 0.717) is 28.7 Å². The average Bonchev–Trinajstić information content (AvgIpc) is 3.40. The Labute approximate surface area is 284 Å². The van der Waals surface area contributed by atoms with Crippen LogP contribution in [-0.4, -0.2) is 19.9 Å². The first-order valence-corrected chi connectivity index (χ1v) is 16.0. The van der Waals surface area contributed by atoms with Crippen LogP contribution in [0.15, 0.2) is 134 Å². The molecule has 230 valence electrons. The molecule has 0 saturated heterocycles. The van der Waals surface area contributed by atoms with Gasteiger partial charge in [0.15, 0.2) is 23.2 Å². The van der Waals surface area contributed by atoms with Gasteiger partial charge in [0.25, 0.3) is 0 Å². The molecule has 0 amide bonds. The van der Waals surface area contributed by atoms with Crippen molar-refractivity contribution in [2.45, 2.75) is 19.3 Å². The summed E-state index contributed by atoms with van der Waals surface area (Å²) in [6, 6.07) is 42.6. The Morgan fingerprint density at radius 2 is 1.18 bits per heavy atom. The van der Waals surface area contributed by atoms with Crippen LogP contribution in [0, 0.1) is 17.9 Å². The minimum atomic E-state index is -0.403. The molecule has 2 aromatic heterocycles. The predicted molar refractivity (Wildman–Crippen MR) is 193 cm³/mol. The molecule has 0 aliphatic heterocycles. The summed E-state index contributed by atoms with van der Waals surface area (Å²) in [6.07, 6.45) is 3.64. The Bertz CT molecular complexity index is 2420. The first kappa shape index (κ1) is 29.6. The van der Waals surface area contributed by atoms with Gasteiger partial charge in [-0.1, -0.05) is 92.7 Å². The van der Waals surface area contributed by atoms with Crippen molar-refractivity contribution in [1.82, 2.24) is 19.9 Å². The quantitative estimate of drug-likeness (QED) is 0.177. The maximum Gasteiger partial charge on any atom is 0.196 e. The molecule has 0 bridgehead atoms. The van der Waals surface area contributed by atoms with Crippen molar-refractivity contribution in [2.75, 3.05) is 0 Å². The molecule has 0 spiro atoms. The monoisotopic (exact) mass is 628 g/mol. The minimum absolute atomic E-state index is 0.403. The Morgan fingerprint density at radius 3 is 1.78 bits per heavy atom. The number of rotatable bonds is 5. The van der Waals surface area contributed by atoms with E-state index >= 15 is 0 Å². The second kappa shape index (κ2) is 11.8. The molecular formula is C43H28N6. The van der Waals surface area contributed by atoms with Gasteiger partial charge < -0.3 is 0 Å². The third-order valence-electron chi connectivity index (χ3n) is 9.22. The molecule has 0 atom stereocenters. The van der Waals surface area contributed by atoms with Crippen LogP contribution in [0.1, 0.15) is 30.5 Å². The molecule has 7 aromatic rings. The van der Waals surface area contributed by atoms with Crippen LogP contribution in [0.5, 0.6) is 0 Å². The first-order valence-electron chi connectivity index (χ1n) is 16.0. The van der Waals surface area contributed by atoms with Crippen LogP contribution in [0.4, 0.5) is 5.69 Å². The topological polar surface area (TPSA) is 79.7 Å². The summed E-state index contributed by atoms with van der Waals surface area (Å²) in [5.74, 6) is 1.77. The number of fused-ring (bicyclic) bond motifs is 3. The molecule has 0 fully saturated rings. The van der Waals surface area contributed by atoms with Crippen LogP contribution in [0.2, 0.25) is 0 Å². The molecule has 49 heavy (non-hydrogen) atoms. The summed E-state index contributed by atoms with van der Waals surface area (Å²) in [4.78, 5) is 23.2. The fourth-order valence-corrected chi connectivity index (χ4v) is 6.72. The standard InChI is InChI=1S/C43H28N6/c1-43(2)36-24-30(16-17-35(36)39-37(43)19-27(25-44)20-38(39)45-3)32-21-33(31-15-10-18-46-26-31)23-34(22-32)42-48-40(28-11-6-4-7-12-28)47-41(49-42)29-13-8-5-9-14-29/h4-24,26H,1-2H3. The second-order valence-corrected chi connectivity index (χ2v) is 12.6. The van der Waals surface area contributed by atoms with E-state index in [1.807, 2.05) is 79.0 Å². The van der Waals surface area contributed by atoms with Crippen LogP contribution in [0.3, 0.4) is 0 Å². The van der Waals surface area contributed by atoms with E-state index in [-0.39, 0.29) is 0 Å². The molecule has 6 nitrogen and oxygen atoms in total. The SMILES string of the molecule is [C-]#[N+]c1cc(C#N)cc2c1-c1ccc(-c3cc(-c4cccnc4)cc(-c4nc(-c5ccccc5)nc(-c5ccccc5)n4)c3)cc1C2(C)C. The largest absolute Gasteiger partial charge is 0.264 e. The van der Waals surface area contributed by atoms with Crippen molar-refractivity contribution in [3.05, 3.63) is 162 Å². The second-order valence-electron chi connectivity index (χ2n) is 12.6.